The number of carbonyl (C=O) groups is 1. The summed E-state index contributed by atoms with van der Waals surface area (Å²) in [4.78, 5) is 16.8. The quantitative estimate of drug-likeness (QED) is 0.603. The molecule has 0 saturated carbocycles. The van der Waals surface area contributed by atoms with Crippen LogP contribution < -0.4 is 0 Å². The molecule has 2 aromatic rings. The highest BCUT2D eigenvalue weighted by atomic mass is 19.3. The predicted octanol–water partition coefficient (Wildman–Crippen LogP) is 4.45. The van der Waals surface area contributed by atoms with Crippen LogP contribution in [0, 0.1) is 11.7 Å². The van der Waals surface area contributed by atoms with Crippen LogP contribution in [0.4, 0.5) is 13.2 Å². The normalized spacial score (nSPS) is 12.6. The fourth-order valence-corrected chi connectivity index (χ4v) is 2.79. The number of rotatable bonds is 9. The van der Waals surface area contributed by atoms with E-state index in [4.69, 9.17) is 4.74 Å². The fraction of sp³-hybridized carbons (Fsp3) is 0.400. The van der Waals surface area contributed by atoms with Crippen LogP contribution in [0.15, 0.2) is 36.7 Å². The van der Waals surface area contributed by atoms with Gasteiger partial charge in [-0.05, 0) is 42.3 Å². The number of nitrogens with zero attached hydrogens (tertiary/aromatic N) is 2. The summed E-state index contributed by atoms with van der Waals surface area (Å²) in [6.45, 7) is 5.48. The molecular weight excluding hydrogens is 357 g/mol. The minimum Gasteiger partial charge on any atom is -0.463 e. The van der Waals surface area contributed by atoms with E-state index in [-0.39, 0.29) is 12.0 Å². The molecule has 146 valence electrons. The number of benzene rings is 1. The molecule has 1 aromatic carbocycles. The summed E-state index contributed by atoms with van der Waals surface area (Å²) in [7, 11) is 1.89. The molecule has 0 saturated heterocycles. The summed E-state index contributed by atoms with van der Waals surface area (Å²) in [6, 6.07) is 5.48. The van der Waals surface area contributed by atoms with Crippen molar-refractivity contribution in [2.75, 3.05) is 13.6 Å². The van der Waals surface area contributed by atoms with Crippen molar-refractivity contribution in [1.82, 2.24) is 9.88 Å². The van der Waals surface area contributed by atoms with E-state index in [1.165, 1.54) is 6.07 Å². The smallest absolute Gasteiger partial charge is 0.293 e. The lowest BCUT2D eigenvalue weighted by Gasteiger charge is -2.25. The standard InChI is InChI=1S/C20H23F3N2O2/c1-13(2)19(27-12-26)11-25(3)10-14-6-16(9-24-8-14)15-4-5-18(21)17(7-15)20(22)23/h4-9,12-13,19-20H,10-11H2,1-3H3. The first kappa shape index (κ1) is 20.9. The largest absolute Gasteiger partial charge is 0.463 e. The molecule has 0 bridgehead atoms. The average Bonchev–Trinajstić information content (AvgIpc) is 2.61. The number of likely N-dealkylation sites (N-methyl/N-ethyl adjacent to an activating group) is 1. The SMILES string of the molecule is CC(C)C(CN(C)Cc1cncc(-c2ccc(F)c(C(F)F)c2)c1)OC=O. The van der Waals surface area contributed by atoms with Crippen molar-refractivity contribution >= 4 is 6.47 Å². The first-order valence-electron chi connectivity index (χ1n) is 8.61. The van der Waals surface area contributed by atoms with Crippen molar-refractivity contribution in [3.63, 3.8) is 0 Å². The second kappa shape index (κ2) is 9.50. The van der Waals surface area contributed by atoms with Gasteiger partial charge in [0.2, 0.25) is 0 Å². The molecule has 7 heteroatoms. The predicted molar refractivity (Wildman–Crippen MR) is 96.7 cm³/mol. The number of hydrogen-bond donors (Lipinski definition) is 0. The van der Waals surface area contributed by atoms with Crippen LogP contribution in [-0.2, 0) is 16.1 Å². The van der Waals surface area contributed by atoms with E-state index in [1.807, 2.05) is 31.9 Å². The van der Waals surface area contributed by atoms with Crippen molar-refractivity contribution in [3.8, 4) is 11.1 Å². The van der Waals surface area contributed by atoms with E-state index in [2.05, 4.69) is 4.98 Å². The number of pyridine rings is 1. The fourth-order valence-electron chi connectivity index (χ4n) is 2.79. The van der Waals surface area contributed by atoms with Gasteiger partial charge in [0, 0.05) is 31.0 Å². The van der Waals surface area contributed by atoms with Crippen LogP contribution >= 0.6 is 0 Å². The Morgan fingerprint density at radius 3 is 2.56 bits per heavy atom. The van der Waals surface area contributed by atoms with Gasteiger partial charge in [-0.2, -0.15) is 0 Å². The highest BCUT2D eigenvalue weighted by Gasteiger charge is 2.17. The summed E-state index contributed by atoms with van der Waals surface area (Å²) in [5, 5.41) is 0. The second-order valence-electron chi connectivity index (χ2n) is 6.83. The zero-order valence-corrected chi connectivity index (χ0v) is 15.5. The van der Waals surface area contributed by atoms with Gasteiger partial charge >= 0.3 is 0 Å². The molecule has 0 fully saturated rings. The number of halogens is 3. The van der Waals surface area contributed by atoms with Gasteiger partial charge in [-0.25, -0.2) is 13.2 Å². The van der Waals surface area contributed by atoms with Crippen molar-refractivity contribution in [1.29, 1.82) is 0 Å². The molecular formula is C20H23F3N2O2. The third-order valence-electron chi connectivity index (χ3n) is 4.28. The molecule has 0 aliphatic heterocycles. The maximum Gasteiger partial charge on any atom is 0.293 e. The van der Waals surface area contributed by atoms with Crippen LogP contribution in [0.1, 0.15) is 31.4 Å². The molecule has 1 atom stereocenters. The van der Waals surface area contributed by atoms with Crippen LogP contribution in [0.5, 0.6) is 0 Å². The van der Waals surface area contributed by atoms with Crippen molar-refractivity contribution in [2.24, 2.45) is 5.92 Å². The van der Waals surface area contributed by atoms with Gasteiger partial charge in [0.05, 0.1) is 5.56 Å². The molecule has 0 spiro atoms. The van der Waals surface area contributed by atoms with Crippen molar-refractivity contribution in [3.05, 3.63) is 53.6 Å². The van der Waals surface area contributed by atoms with Gasteiger partial charge in [-0.3, -0.25) is 14.7 Å². The van der Waals surface area contributed by atoms with E-state index >= 15 is 0 Å². The molecule has 0 N–H and O–H groups in total. The van der Waals surface area contributed by atoms with Gasteiger partial charge in [0.15, 0.2) is 0 Å². The number of aromatic nitrogens is 1. The van der Waals surface area contributed by atoms with Gasteiger partial charge in [-0.15, -0.1) is 0 Å². The summed E-state index contributed by atoms with van der Waals surface area (Å²) in [5.74, 6) is -0.749. The van der Waals surface area contributed by atoms with Crippen LogP contribution in [0.3, 0.4) is 0 Å². The number of carbonyl (C=O) groups excluding carboxylic acids is 1. The molecule has 0 aliphatic carbocycles. The molecule has 0 amide bonds. The molecule has 4 nitrogen and oxygen atoms in total. The molecule has 1 heterocycles. The van der Waals surface area contributed by atoms with E-state index < -0.39 is 17.8 Å². The molecule has 2 rings (SSSR count). The monoisotopic (exact) mass is 380 g/mol. The Labute approximate surface area is 157 Å². The van der Waals surface area contributed by atoms with Crippen molar-refractivity contribution in [2.45, 2.75) is 32.9 Å². The summed E-state index contributed by atoms with van der Waals surface area (Å²) >= 11 is 0. The van der Waals surface area contributed by atoms with E-state index in [1.54, 1.807) is 12.4 Å². The third kappa shape index (κ3) is 5.79. The first-order chi connectivity index (χ1) is 12.8. The van der Waals surface area contributed by atoms with Gasteiger partial charge < -0.3 is 4.74 Å². The van der Waals surface area contributed by atoms with Crippen molar-refractivity contribution < 1.29 is 22.7 Å². The second-order valence-corrected chi connectivity index (χ2v) is 6.83. The van der Waals surface area contributed by atoms with E-state index in [9.17, 15) is 18.0 Å². The molecule has 0 radical (unpaired) electrons. The average molecular weight is 380 g/mol. The molecule has 27 heavy (non-hydrogen) atoms. The highest BCUT2D eigenvalue weighted by molar-refractivity contribution is 5.64. The molecule has 1 aromatic heterocycles. The number of hydrogen-bond acceptors (Lipinski definition) is 4. The topological polar surface area (TPSA) is 42.4 Å². The lowest BCUT2D eigenvalue weighted by atomic mass is 10.0. The lowest BCUT2D eigenvalue weighted by molar-refractivity contribution is -0.136. The number of alkyl halides is 2. The minimum atomic E-state index is -2.88. The zero-order chi connectivity index (χ0) is 20.0. The summed E-state index contributed by atoms with van der Waals surface area (Å²) < 4.78 is 44.5. The maximum absolute atomic E-state index is 13.5. The Bertz CT molecular complexity index is 769. The van der Waals surface area contributed by atoms with Gasteiger partial charge in [0.25, 0.3) is 12.9 Å². The Hall–Kier alpha value is -2.41. The zero-order valence-electron chi connectivity index (χ0n) is 15.5. The lowest BCUT2D eigenvalue weighted by Crippen LogP contribution is -2.34. The van der Waals surface area contributed by atoms with E-state index in [0.717, 1.165) is 17.7 Å². The highest BCUT2D eigenvalue weighted by Crippen LogP contribution is 2.28. The summed E-state index contributed by atoms with van der Waals surface area (Å²) in [6.07, 6.45) is 0.133. The van der Waals surface area contributed by atoms with Crippen LogP contribution in [0.25, 0.3) is 11.1 Å². The first-order valence-corrected chi connectivity index (χ1v) is 8.61. The van der Waals surface area contributed by atoms with Gasteiger partial charge in [0.1, 0.15) is 11.9 Å². The Morgan fingerprint density at radius 1 is 1.19 bits per heavy atom. The van der Waals surface area contributed by atoms with Gasteiger partial charge in [-0.1, -0.05) is 19.9 Å². The molecule has 0 aliphatic rings. The van der Waals surface area contributed by atoms with E-state index in [0.29, 0.717) is 30.7 Å². The Morgan fingerprint density at radius 2 is 1.93 bits per heavy atom. The Balaban J connectivity index is 2.15. The maximum atomic E-state index is 13.5. The van der Waals surface area contributed by atoms with Crippen LogP contribution in [-0.4, -0.2) is 36.1 Å². The number of ether oxygens (including phenoxy) is 1. The minimum absolute atomic E-state index is 0.175. The third-order valence-corrected chi connectivity index (χ3v) is 4.28. The molecule has 1 unspecified atom stereocenters. The Kier molecular flexibility index (Phi) is 7.36. The van der Waals surface area contributed by atoms with Crippen LogP contribution in [0.2, 0.25) is 0 Å². The summed E-state index contributed by atoms with van der Waals surface area (Å²) in [5.41, 5.74) is 1.35.